The standard InChI is InChI=1S/C19H27N3O2/c1-14-17(7-6-10-20-14)18(24)22-12-16(11-21-15(2)23)19(13-22)8-4-3-5-9-19/h6-7,10,16H,3-5,8-9,11-13H2,1-2H3,(H,21,23). The van der Waals surface area contributed by atoms with E-state index in [0.29, 0.717) is 18.0 Å². The number of aromatic nitrogens is 1. The van der Waals surface area contributed by atoms with Gasteiger partial charge in [-0.25, -0.2) is 0 Å². The van der Waals surface area contributed by atoms with Gasteiger partial charge in [0.05, 0.1) is 5.56 Å². The number of nitrogens with zero attached hydrogens (tertiary/aromatic N) is 2. The molecule has 0 radical (unpaired) electrons. The third-order valence-corrected chi connectivity index (χ3v) is 5.78. The van der Waals surface area contributed by atoms with Crippen molar-refractivity contribution in [2.45, 2.75) is 46.0 Å². The van der Waals surface area contributed by atoms with Crippen molar-refractivity contribution in [3.63, 3.8) is 0 Å². The SMILES string of the molecule is CC(=O)NCC1CN(C(=O)c2cccnc2C)CC12CCCCC2. The molecule has 0 bridgehead atoms. The summed E-state index contributed by atoms with van der Waals surface area (Å²) in [5.74, 6) is 0.437. The van der Waals surface area contributed by atoms with E-state index in [1.54, 1.807) is 13.1 Å². The number of hydrogen-bond donors (Lipinski definition) is 1. The van der Waals surface area contributed by atoms with Crippen molar-refractivity contribution < 1.29 is 9.59 Å². The van der Waals surface area contributed by atoms with E-state index < -0.39 is 0 Å². The third-order valence-electron chi connectivity index (χ3n) is 5.78. The van der Waals surface area contributed by atoms with Gasteiger partial charge < -0.3 is 10.2 Å². The van der Waals surface area contributed by atoms with Crippen molar-refractivity contribution in [2.75, 3.05) is 19.6 Å². The Labute approximate surface area is 143 Å². The van der Waals surface area contributed by atoms with Gasteiger partial charge in [0.15, 0.2) is 0 Å². The van der Waals surface area contributed by atoms with E-state index in [2.05, 4.69) is 10.3 Å². The molecule has 1 aromatic heterocycles. The number of amides is 2. The molecule has 1 aliphatic heterocycles. The van der Waals surface area contributed by atoms with E-state index in [4.69, 9.17) is 0 Å². The van der Waals surface area contributed by atoms with Crippen LogP contribution in [0.4, 0.5) is 0 Å². The van der Waals surface area contributed by atoms with Gasteiger partial charge in [-0.05, 0) is 37.3 Å². The van der Waals surface area contributed by atoms with Crippen molar-refractivity contribution in [3.8, 4) is 0 Å². The van der Waals surface area contributed by atoms with Gasteiger partial charge in [0.25, 0.3) is 5.91 Å². The molecule has 1 atom stereocenters. The predicted molar refractivity (Wildman–Crippen MR) is 92.6 cm³/mol. The fourth-order valence-corrected chi connectivity index (χ4v) is 4.44. The van der Waals surface area contributed by atoms with Gasteiger partial charge >= 0.3 is 0 Å². The van der Waals surface area contributed by atoms with Gasteiger partial charge in [0.2, 0.25) is 5.91 Å². The Kier molecular flexibility index (Phi) is 4.88. The first kappa shape index (κ1) is 16.9. The topological polar surface area (TPSA) is 62.3 Å². The number of rotatable bonds is 3. The maximum absolute atomic E-state index is 13.0. The van der Waals surface area contributed by atoms with Crippen LogP contribution in [-0.4, -0.2) is 41.3 Å². The minimum atomic E-state index is 0.00818. The highest BCUT2D eigenvalue weighted by molar-refractivity contribution is 5.95. The monoisotopic (exact) mass is 329 g/mol. The van der Waals surface area contributed by atoms with Crippen LogP contribution in [0.2, 0.25) is 0 Å². The number of carbonyl (C=O) groups is 2. The quantitative estimate of drug-likeness (QED) is 0.927. The molecule has 5 heteroatoms. The molecule has 1 spiro atoms. The Morgan fingerprint density at radius 2 is 2.08 bits per heavy atom. The van der Waals surface area contributed by atoms with Crippen LogP contribution in [-0.2, 0) is 4.79 Å². The summed E-state index contributed by atoms with van der Waals surface area (Å²) in [6, 6.07) is 3.68. The first-order valence-corrected chi connectivity index (χ1v) is 8.97. The molecular weight excluding hydrogens is 302 g/mol. The molecule has 2 amide bonds. The van der Waals surface area contributed by atoms with E-state index in [1.165, 1.54) is 19.3 Å². The fraction of sp³-hybridized carbons (Fsp3) is 0.632. The predicted octanol–water partition coefficient (Wildman–Crippen LogP) is 2.55. The highest BCUT2D eigenvalue weighted by Gasteiger charge is 2.48. The highest BCUT2D eigenvalue weighted by Crippen LogP contribution is 2.47. The number of aryl methyl sites for hydroxylation is 1. The lowest BCUT2D eigenvalue weighted by atomic mass is 9.67. The van der Waals surface area contributed by atoms with Gasteiger partial charge in [-0.15, -0.1) is 0 Å². The molecule has 1 N–H and O–H groups in total. The minimum Gasteiger partial charge on any atom is -0.356 e. The normalized spacial score (nSPS) is 22.6. The Bertz CT molecular complexity index is 623. The number of pyridine rings is 1. The Balaban J connectivity index is 1.79. The summed E-state index contributed by atoms with van der Waals surface area (Å²) in [5.41, 5.74) is 1.65. The van der Waals surface area contributed by atoms with Gasteiger partial charge in [-0.1, -0.05) is 19.3 Å². The highest BCUT2D eigenvalue weighted by atomic mass is 16.2. The van der Waals surface area contributed by atoms with E-state index in [9.17, 15) is 9.59 Å². The van der Waals surface area contributed by atoms with Crippen LogP contribution >= 0.6 is 0 Å². The molecule has 1 saturated carbocycles. The Morgan fingerprint density at radius 3 is 2.75 bits per heavy atom. The zero-order chi connectivity index (χ0) is 17.2. The zero-order valence-corrected chi connectivity index (χ0v) is 14.7. The molecule has 1 unspecified atom stereocenters. The summed E-state index contributed by atoms with van der Waals surface area (Å²) in [6.07, 6.45) is 7.78. The van der Waals surface area contributed by atoms with Crippen LogP contribution < -0.4 is 5.32 Å². The minimum absolute atomic E-state index is 0.00818. The Hall–Kier alpha value is -1.91. The lowest BCUT2D eigenvalue weighted by molar-refractivity contribution is -0.119. The summed E-state index contributed by atoms with van der Waals surface area (Å²) < 4.78 is 0. The second kappa shape index (κ2) is 6.91. The molecule has 2 heterocycles. The Morgan fingerprint density at radius 1 is 1.33 bits per heavy atom. The van der Waals surface area contributed by atoms with Crippen molar-refractivity contribution >= 4 is 11.8 Å². The summed E-state index contributed by atoms with van der Waals surface area (Å²) >= 11 is 0. The van der Waals surface area contributed by atoms with E-state index >= 15 is 0 Å². The van der Waals surface area contributed by atoms with Gasteiger partial charge in [0.1, 0.15) is 0 Å². The van der Waals surface area contributed by atoms with Gasteiger partial charge in [-0.2, -0.15) is 0 Å². The fourth-order valence-electron chi connectivity index (χ4n) is 4.44. The van der Waals surface area contributed by atoms with Crippen molar-refractivity contribution in [3.05, 3.63) is 29.6 Å². The smallest absolute Gasteiger partial charge is 0.255 e. The van der Waals surface area contributed by atoms with Crippen molar-refractivity contribution in [1.29, 1.82) is 0 Å². The summed E-state index contributed by atoms with van der Waals surface area (Å²) in [6.45, 7) is 5.65. The molecule has 1 aliphatic carbocycles. The van der Waals surface area contributed by atoms with Crippen LogP contribution in [0.3, 0.4) is 0 Å². The number of likely N-dealkylation sites (tertiary alicyclic amines) is 1. The number of hydrogen-bond acceptors (Lipinski definition) is 3. The van der Waals surface area contributed by atoms with Crippen LogP contribution in [0.1, 0.15) is 55.1 Å². The number of nitrogens with one attached hydrogen (secondary N) is 1. The van der Waals surface area contributed by atoms with E-state index in [1.807, 2.05) is 24.0 Å². The van der Waals surface area contributed by atoms with Crippen LogP contribution in [0, 0.1) is 18.3 Å². The number of carbonyl (C=O) groups excluding carboxylic acids is 2. The maximum Gasteiger partial charge on any atom is 0.255 e. The molecule has 1 aromatic rings. The first-order chi connectivity index (χ1) is 11.5. The first-order valence-electron chi connectivity index (χ1n) is 8.97. The van der Waals surface area contributed by atoms with E-state index in [0.717, 1.165) is 31.6 Å². The molecule has 5 nitrogen and oxygen atoms in total. The average molecular weight is 329 g/mol. The second-order valence-electron chi connectivity index (χ2n) is 7.38. The molecule has 3 rings (SSSR count). The summed E-state index contributed by atoms with van der Waals surface area (Å²) in [5, 5.41) is 2.98. The average Bonchev–Trinajstić information content (AvgIpc) is 2.91. The van der Waals surface area contributed by atoms with Gasteiger partial charge in [0, 0.05) is 44.4 Å². The summed E-state index contributed by atoms with van der Waals surface area (Å²) in [7, 11) is 0. The van der Waals surface area contributed by atoms with Crippen molar-refractivity contribution in [1.82, 2.24) is 15.2 Å². The molecule has 1 saturated heterocycles. The molecule has 2 fully saturated rings. The van der Waals surface area contributed by atoms with Crippen LogP contribution in [0.5, 0.6) is 0 Å². The molecule has 0 aromatic carbocycles. The largest absolute Gasteiger partial charge is 0.356 e. The second-order valence-corrected chi connectivity index (χ2v) is 7.38. The lowest BCUT2D eigenvalue weighted by Crippen LogP contribution is -2.39. The maximum atomic E-state index is 13.0. The zero-order valence-electron chi connectivity index (χ0n) is 14.7. The molecule has 2 aliphatic rings. The molecule has 130 valence electrons. The van der Waals surface area contributed by atoms with Crippen LogP contribution in [0.25, 0.3) is 0 Å². The van der Waals surface area contributed by atoms with Crippen molar-refractivity contribution in [2.24, 2.45) is 11.3 Å². The van der Waals surface area contributed by atoms with Gasteiger partial charge in [-0.3, -0.25) is 14.6 Å². The van der Waals surface area contributed by atoms with Crippen LogP contribution in [0.15, 0.2) is 18.3 Å². The lowest BCUT2D eigenvalue weighted by Gasteiger charge is -2.38. The molecular formula is C19H27N3O2. The molecule has 24 heavy (non-hydrogen) atoms. The van der Waals surface area contributed by atoms with E-state index in [-0.39, 0.29) is 17.2 Å². The third kappa shape index (κ3) is 3.30. The summed E-state index contributed by atoms with van der Waals surface area (Å²) in [4.78, 5) is 30.6.